The second-order valence-corrected chi connectivity index (χ2v) is 14.1. The van der Waals surface area contributed by atoms with Crippen molar-refractivity contribution in [1.29, 1.82) is 0 Å². The molecule has 0 amide bonds. The number of ether oxygens (including phenoxy) is 1. The van der Waals surface area contributed by atoms with Crippen LogP contribution in [0, 0.1) is 29.1 Å². The Morgan fingerprint density at radius 2 is 1.38 bits per heavy atom. The van der Waals surface area contributed by atoms with E-state index >= 15 is 0 Å². The van der Waals surface area contributed by atoms with Gasteiger partial charge < -0.3 is 4.74 Å². The van der Waals surface area contributed by atoms with Crippen molar-refractivity contribution in [2.75, 3.05) is 0 Å². The standard InChI is InChI=1S/C36H60O3/c1-3-4-5-6-7-8-9-10-11-12-13-14-15-16-17-18-35(38)39-34-24-23-33-32-21-19-28-27-29(37)20-22-30(28)31(32)25-26-36(33,34)2/h27,30-34H,3-26H2,1-2H3/t30-,31+,32+,33-,34-,36-/m0/s1. The number of hydrogen-bond acceptors (Lipinski definition) is 3. The fraction of sp³-hybridized carbons (Fsp3) is 0.889. The van der Waals surface area contributed by atoms with E-state index in [1.807, 2.05) is 6.08 Å². The molecule has 0 radical (unpaired) electrons. The Balaban J connectivity index is 1.05. The Kier molecular flexibility index (Phi) is 12.5. The first-order valence-corrected chi connectivity index (χ1v) is 17.5. The fourth-order valence-corrected chi connectivity index (χ4v) is 9.18. The topological polar surface area (TPSA) is 43.4 Å². The molecule has 0 bridgehead atoms. The maximum absolute atomic E-state index is 12.8. The molecule has 3 fully saturated rings. The zero-order chi connectivity index (χ0) is 27.5. The van der Waals surface area contributed by atoms with Gasteiger partial charge in [-0.2, -0.15) is 0 Å². The quantitative estimate of drug-likeness (QED) is 0.136. The Morgan fingerprint density at radius 3 is 2.03 bits per heavy atom. The van der Waals surface area contributed by atoms with Crippen LogP contribution in [0.25, 0.3) is 0 Å². The van der Waals surface area contributed by atoms with Crippen LogP contribution < -0.4 is 0 Å². The van der Waals surface area contributed by atoms with Crippen molar-refractivity contribution in [1.82, 2.24) is 0 Å². The third-order valence-corrected chi connectivity index (χ3v) is 11.5. The van der Waals surface area contributed by atoms with Gasteiger partial charge in [0.2, 0.25) is 0 Å². The number of hydrogen-bond donors (Lipinski definition) is 0. The molecule has 0 heterocycles. The predicted molar refractivity (Wildman–Crippen MR) is 162 cm³/mol. The Hall–Kier alpha value is -1.12. The van der Waals surface area contributed by atoms with Crippen LogP contribution in [0.5, 0.6) is 0 Å². The summed E-state index contributed by atoms with van der Waals surface area (Å²) < 4.78 is 6.21. The minimum Gasteiger partial charge on any atom is -0.462 e. The first kappa shape index (κ1) is 30.8. The first-order chi connectivity index (χ1) is 19.0. The lowest BCUT2D eigenvalue weighted by atomic mass is 9.52. The van der Waals surface area contributed by atoms with Crippen LogP contribution in [0.3, 0.4) is 0 Å². The highest BCUT2D eigenvalue weighted by molar-refractivity contribution is 5.91. The van der Waals surface area contributed by atoms with Crippen molar-refractivity contribution in [2.24, 2.45) is 29.1 Å². The van der Waals surface area contributed by atoms with Gasteiger partial charge in [-0.1, -0.05) is 109 Å². The molecule has 0 unspecified atom stereocenters. The van der Waals surface area contributed by atoms with Crippen LogP contribution >= 0.6 is 0 Å². The van der Waals surface area contributed by atoms with E-state index in [1.54, 1.807) is 0 Å². The molecule has 4 aliphatic carbocycles. The molecular formula is C36H60O3. The molecule has 0 aromatic carbocycles. The van der Waals surface area contributed by atoms with E-state index in [0.717, 1.165) is 43.9 Å². The number of carbonyl (C=O) groups excluding carboxylic acids is 2. The summed E-state index contributed by atoms with van der Waals surface area (Å²) in [4.78, 5) is 24.7. The highest BCUT2D eigenvalue weighted by Gasteiger charge is 2.57. The van der Waals surface area contributed by atoms with Crippen molar-refractivity contribution < 1.29 is 14.3 Å². The zero-order valence-corrected chi connectivity index (χ0v) is 25.7. The van der Waals surface area contributed by atoms with E-state index in [4.69, 9.17) is 4.74 Å². The second-order valence-electron chi connectivity index (χ2n) is 14.1. The SMILES string of the molecule is CCCCCCCCCCCCCCCCCC(=O)O[C@H]1CC[C@H]2[C@@H]3CCC4=CC(=O)CC[C@@H]4[C@H]3CC[C@]12C. The van der Waals surface area contributed by atoms with Gasteiger partial charge in [0.1, 0.15) is 6.10 Å². The van der Waals surface area contributed by atoms with Crippen molar-refractivity contribution >= 4 is 11.8 Å². The van der Waals surface area contributed by atoms with E-state index < -0.39 is 0 Å². The zero-order valence-electron chi connectivity index (χ0n) is 25.7. The van der Waals surface area contributed by atoms with E-state index in [0.29, 0.717) is 24.0 Å². The van der Waals surface area contributed by atoms with Gasteiger partial charge in [0.15, 0.2) is 5.78 Å². The first-order valence-electron chi connectivity index (χ1n) is 17.5. The summed E-state index contributed by atoms with van der Waals surface area (Å²) in [6.45, 7) is 4.72. The highest BCUT2D eigenvalue weighted by Crippen LogP contribution is 2.62. The number of ketones is 1. The number of allylic oxidation sites excluding steroid dienone is 1. The lowest BCUT2D eigenvalue weighted by Crippen LogP contribution is -2.48. The van der Waals surface area contributed by atoms with Gasteiger partial charge in [0.05, 0.1) is 0 Å². The number of esters is 1. The van der Waals surface area contributed by atoms with Crippen molar-refractivity contribution in [3.63, 3.8) is 0 Å². The van der Waals surface area contributed by atoms with Crippen LogP contribution in [0.1, 0.15) is 168 Å². The largest absolute Gasteiger partial charge is 0.462 e. The molecular weight excluding hydrogens is 480 g/mol. The minimum absolute atomic E-state index is 0.0540. The lowest BCUT2D eigenvalue weighted by molar-refractivity contribution is -0.159. The van der Waals surface area contributed by atoms with Gasteiger partial charge in [-0.15, -0.1) is 0 Å². The number of unbranched alkanes of at least 4 members (excludes halogenated alkanes) is 14. The Bertz CT molecular complexity index is 799. The number of fused-ring (bicyclic) bond motifs is 5. The van der Waals surface area contributed by atoms with Crippen LogP contribution in [-0.2, 0) is 14.3 Å². The lowest BCUT2D eigenvalue weighted by Gasteiger charge is -2.53. The van der Waals surface area contributed by atoms with Crippen molar-refractivity contribution in [3.8, 4) is 0 Å². The van der Waals surface area contributed by atoms with Gasteiger partial charge in [0.25, 0.3) is 0 Å². The van der Waals surface area contributed by atoms with Gasteiger partial charge in [0, 0.05) is 18.3 Å². The summed E-state index contributed by atoms with van der Waals surface area (Å²) in [5.74, 6) is 3.27. The smallest absolute Gasteiger partial charge is 0.306 e. The molecule has 0 spiro atoms. The van der Waals surface area contributed by atoms with Crippen LogP contribution in [-0.4, -0.2) is 17.9 Å². The summed E-state index contributed by atoms with van der Waals surface area (Å²) >= 11 is 0. The van der Waals surface area contributed by atoms with Crippen LogP contribution in [0.15, 0.2) is 11.6 Å². The molecule has 3 heteroatoms. The maximum Gasteiger partial charge on any atom is 0.306 e. The van der Waals surface area contributed by atoms with Gasteiger partial charge in [-0.3, -0.25) is 9.59 Å². The van der Waals surface area contributed by atoms with E-state index in [1.165, 1.54) is 121 Å². The number of rotatable bonds is 17. The summed E-state index contributed by atoms with van der Waals surface area (Å²) in [7, 11) is 0. The maximum atomic E-state index is 12.8. The summed E-state index contributed by atoms with van der Waals surface area (Å²) in [6.07, 6.45) is 31.9. The molecule has 0 aliphatic heterocycles. The summed E-state index contributed by atoms with van der Waals surface area (Å²) in [5.41, 5.74) is 1.62. The predicted octanol–water partition coefficient (Wildman–Crippen LogP) is 10.3. The third kappa shape index (κ3) is 8.45. The van der Waals surface area contributed by atoms with Crippen LogP contribution in [0.2, 0.25) is 0 Å². The normalized spacial score (nSPS) is 31.8. The summed E-state index contributed by atoms with van der Waals surface area (Å²) in [5, 5.41) is 0. The van der Waals surface area contributed by atoms with E-state index in [-0.39, 0.29) is 17.5 Å². The average molecular weight is 541 g/mol. The third-order valence-electron chi connectivity index (χ3n) is 11.5. The highest BCUT2D eigenvalue weighted by atomic mass is 16.5. The molecule has 4 aliphatic rings. The molecule has 0 N–H and O–H groups in total. The molecule has 3 nitrogen and oxygen atoms in total. The summed E-state index contributed by atoms with van der Waals surface area (Å²) in [6, 6.07) is 0. The van der Waals surface area contributed by atoms with E-state index in [2.05, 4.69) is 13.8 Å². The molecule has 4 rings (SSSR count). The second kappa shape index (κ2) is 15.8. The molecule has 0 saturated heterocycles. The minimum atomic E-state index is 0.0540. The molecule has 6 atom stereocenters. The molecule has 222 valence electrons. The van der Waals surface area contributed by atoms with Crippen molar-refractivity contribution in [3.05, 3.63) is 11.6 Å². The van der Waals surface area contributed by atoms with Crippen LogP contribution in [0.4, 0.5) is 0 Å². The molecule has 39 heavy (non-hydrogen) atoms. The Morgan fingerprint density at radius 1 is 0.769 bits per heavy atom. The number of carbonyl (C=O) groups is 2. The molecule has 0 aromatic heterocycles. The fourth-order valence-electron chi connectivity index (χ4n) is 9.18. The average Bonchev–Trinajstić information content (AvgIpc) is 3.26. The van der Waals surface area contributed by atoms with E-state index in [9.17, 15) is 9.59 Å². The van der Waals surface area contributed by atoms with Gasteiger partial charge in [-0.05, 0) is 81.1 Å². The van der Waals surface area contributed by atoms with Gasteiger partial charge >= 0.3 is 5.97 Å². The Labute approximate surface area is 240 Å². The monoisotopic (exact) mass is 540 g/mol. The van der Waals surface area contributed by atoms with Gasteiger partial charge in [-0.25, -0.2) is 0 Å². The van der Waals surface area contributed by atoms with Crippen molar-refractivity contribution in [2.45, 2.75) is 174 Å². The molecule has 3 saturated carbocycles. The molecule has 0 aromatic rings.